The summed E-state index contributed by atoms with van der Waals surface area (Å²) in [5, 5.41) is 9.01. The number of benzene rings is 2. The van der Waals surface area contributed by atoms with E-state index in [4.69, 9.17) is 4.74 Å². The molecule has 0 saturated heterocycles. The summed E-state index contributed by atoms with van der Waals surface area (Å²) < 4.78 is 47.3. The van der Waals surface area contributed by atoms with Gasteiger partial charge in [0.2, 0.25) is 5.91 Å². The minimum atomic E-state index is -4.85. The zero-order valence-corrected chi connectivity index (χ0v) is 20.8. The number of ether oxygens (including phenoxy) is 2. The fourth-order valence-corrected chi connectivity index (χ4v) is 4.74. The third-order valence-corrected chi connectivity index (χ3v) is 6.74. The van der Waals surface area contributed by atoms with Gasteiger partial charge in [0.15, 0.2) is 11.5 Å². The lowest BCUT2D eigenvalue weighted by Crippen LogP contribution is -2.36. The SMILES string of the molecule is CCC1CC(=O)N(Cc2ccc(C(=O)NC3CCCC3)cc2)N=C1c1ccc(OC(F)(F)F)c(OC)c1. The van der Waals surface area contributed by atoms with Gasteiger partial charge >= 0.3 is 6.36 Å². The average Bonchev–Trinajstić information content (AvgIpc) is 3.38. The van der Waals surface area contributed by atoms with Crippen molar-refractivity contribution in [1.82, 2.24) is 10.3 Å². The number of carbonyl (C=O) groups is 2. The summed E-state index contributed by atoms with van der Waals surface area (Å²) in [6.45, 7) is 2.13. The van der Waals surface area contributed by atoms with Gasteiger partial charge in [-0.05, 0) is 55.2 Å². The average molecular weight is 518 g/mol. The van der Waals surface area contributed by atoms with Crippen molar-refractivity contribution in [1.29, 1.82) is 0 Å². The standard InChI is InChI=1S/C27H30F3N3O4/c1-3-18-15-24(34)33(16-17-8-10-19(11-9-17)26(35)31-21-6-4-5-7-21)32-25(18)20-12-13-22(23(14-20)36-2)37-27(28,29)30/h8-14,18,21H,3-7,15-16H2,1-2H3,(H,31,35). The van der Waals surface area contributed by atoms with Gasteiger partial charge in [0, 0.05) is 29.5 Å². The molecule has 2 aliphatic rings. The minimum absolute atomic E-state index is 0.0812. The number of hydrogen-bond acceptors (Lipinski definition) is 5. The Hall–Kier alpha value is -3.56. The first kappa shape index (κ1) is 26.5. The van der Waals surface area contributed by atoms with Crippen molar-refractivity contribution in [3.8, 4) is 11.5 Å². The number of nitrogens with zero attached hydrogens (tertiary/aromatic N) is 2. The molecule has 0 radical (unpaired) electrons. The van der Waals surface area contributed by atoms with Crippen LogP contribution in [0.4, 0.5) is 13.2 Å². The zero-order valence-electron chi connectivity index (χ0n) is 20.8. The Kier molecular flexibility index (Phi) is 8.04. The van der Waals surface area contributed by atoms with Crippen LogP contribution in [0.3, 0.4) is 0 Å². The van der Waals surface area contributed by atoms with Gasteiger partial charge in [-0.3, -0.25) is 9.59 Å². The lowest BCUT2D eigenvalue weighted by atomic mass is 9.89. The first-order chi connectivity index (χ1) is 17.7. The Morgan fingerprint density at radius 2 is 1.81 bits per heavy atom. The summed E-state index contributed by atoms with van der Waals surface area (Å²) in [5.74, 6) is -0.979. The van der Waals surface area contributed by atoms with Gasteiger partial charge in [-0.25, -0.2) is 5.01 Å². The molecule has 1 fully saturated rings. The molecule has 1 aliphatic heterocycles. The number of hydrogen-bond donors (Lipinski definition) is 1. The highest BCUT2D eigenvalue weighted by Gasteiger charge is 2.34. The van der Waals surface area contributed by atoms with Crippen LogP contribution >= 0.6 is 0 Å². The fraction of sp³-hybridized carbons (Fsp3) is 0.444. The number of methoxy groups -OCH3 is 1. The first-order valence-corrected chi connectivity index (χ1v) is 12.4. The van der Waals surface area contributed by atoms with E-state index in [1.54, 1.807) is 24.3 Å². The predicted molar refractivity (Wildman–Crippen MR) is 131 cm³/mol. The summed E-state index contributed by atoms with van der Waals surface area (Å²) in [6.07, 6.45) is 0.278. The van der Waals surface area contributed by atoms with Crippen LogP contribution in [0.1, 0.15) is 66.9 Å². The summed E-state index contributed by atoms with van der Waals surface area (Å²) in [4.78, 5) is 25.3. The number of alkyl halides is 3. The second-order valence-electron chi connectivity index (χ2n) is 9.31. The van der Waals surface area contributed by atoms with Crippen molar-refractivity contribution < 1.29 is 32.2 Å². The third-order valence-electron chi connectivity index (χ3n) is 6.74. The molecule has 1 saturated carbocycles. The maximum Gasteiger partial charge on any atom is 0.573 e. The zero-order chi connectivity index (χ0) is 26.6. The number of rotatable bonds is 8. The van der Waals surface area contributed by atoms with Crippen molar-refractivity contribution in [3.05, 3.63) is 59.2 Å². The maximum atomic E-state index is 12.8. The first-order valence-electron chi connectivity index (χ1n) is 12.4. The predicted octanol–water partition coefficient (Wildman–Crippen LogP) is 5.43. The van der Waals surface area contributed by atoms with Crippen LogP contribution in [0, 0.1) is 5.92 Å². The van der Waals surface area contributed by atoms with Crippen molar-refractivity contribution in [3.63, 3.8) is 0 Å². The quantitative estimate of drug-likeness (QED) is 0.507. The van der Waals surface area contributed by atoms with Crippen LogP contribution in [0.15, 0.2) is 47.6 Å². The maximum absolute atomic E-state index is 12.8. The molecule has 1 aliphatic carbocycles. The minimum Gasteiger partial charge on any atom is -0.493 e. The fourth-order valence-electron chi connectivity index (χ4n) is 4.74. The molecule has 1 N–H and O–H groups in total. The Morgan fingerprint density at radius 3 is 2.43 bits per heavy atom. The molecule has 37 heavy (non-hydrogen) atoms. The molecule has 0 bridgehead atoms. The number of carbonyl (C=O) groups excluding carboxylic acids is 2. The highest BCUT2D eigenvalue weighted by atomic mass is 19.4. The lowest BCUT2D eigenvalue weighted by Gasteiger charge is -2.29. The Balaban J connectivity index is 1.52. The van der Waals surface area contributed by atoms with Gasteiger partial charge < -0.3 is 14.8 Å². The van der Waals surface area contributed by atoms with Gasteiger partial charge in [-0.2, -0.15) is 5.10 Å². The molecular formula is C27H30F3N3O4. The molecule has 1 atom stereocenters. The summed E-state index contributed by atoms with van der Waals surface area (Å²) in [6, 6.07) is 11.4. The van der Waals surface area contributed by atoms with E-state index in [-0.39, 0.29) is 42.5 Å². The van der Waals surface area contributed by atoms with E-state index in [1.165, 1.54) is 30.3 Å². The molecule has 0 aromatic heterocycles. The molecular weight excluding hydrogens is 487 g/mol. The van der Waals surface area contributed by atoms with Gasteiger partial charge in [0.25, 0.3) is 5.91 Å². The molecule has 7 nitrogen and oxygen atoms in total. The number of nitrogens with one attached hydrogen (secondary N) is 1. The number of hydrazone groups is 1. The summed E-state index contributed by atoms with van der Waals surface area (Å²) in [5.41, 5.74) is 2.50. The van der Waals surface area contributed by atoms with E-state index in [2.05, 4.69) is 15.2 Å². The molecule has 2 amide bonds. The Bertz CT molecular complexity index is 1160. The molecule has 0 spiro atoms. The summed E-state index contributed by atoms with van der Waals surface area (Å²) in [7, 11) is 1.26. The van der Waals surface area contributed by atoms with Gasteiger partial charge in [0.05, 0.1) is 19.4 Å². The molecule has 1 heterocycles. The molecule has 2 aromatic rings. The van der Waals surface area contributed by atoms with Crippen molar-refractivity contribution in [2.24, 2.45) is 11.0 Å². The Morgan fingerprint density at radius 1 is 1.11 bits per heavy atom. The summed E-state index contributed by atoms with van der Waals surface area (Å²) >= 11 is 0. The van der Waals surface area contributed by atoms with Crippen molar-refractivity contribution in [2.45, 2.75) is 64.4 Å². The van der Waals surface area contributed by atoms with E-state index in [1.807, 2.05) is 6.92 Å². The van der Waals surface area contributed by atoms with Crippen LogP contribution in [0.25, 0.3) is 0 Å². The molecule has 198 valence electrons. The number of amides is 2. The number of halogens is 3. The van der Waals surface area contributed by atoms with E-state index < -0.39 is 12.1 Å². The van der Waals surface area contributed by atoms with Gasteiger partial charge in [-0.15, -0.1) is 13.2 Å². The van der Waals surface area contributed by atoms with E-state index in [9.17, 15) is 22.8 Å². The smallest absolute Gasteiger partial charge is 0.493 e. The van der Waals surface area contributed by atoms with E-state index >= 15 is 0 Å². The van der Waals surface area contributed by atoms with Crippen molar-refractivity contribution >= 4 is 17.5 Å². The normalized spacial score (nSPS) is 18.5. The van der Waals surface area contributed by atoms with Crippen LogP contribution in [-0.4, -0.2) is 42.0 Å². The van der Waals surface area contributed by atoms with Crippen LogP contribution in [0.5, 0.6) is 11.5 Å². The molecule has 10 heteroatoms. The largest absolute Gasteiger partial charge is 0.573 e. The van der Waals surface area contributed by atoms with Crippen LogP contribution in [0.2, 0.25) is 0 Å². The second-order valence-corrected chi connectivity index (χ2v) is 9.31. The van der Waals surface area contributed by atoms with Gasteiger partial charge in [-0.1, -0.05) is 31.9 Å². The lowest BCUT2D eigenvalue weighted by molar-refractivity contribution is -0.275. The topological polar surface area (TPSA) is 80.2 Å². The van der Waals surface area contributed by atoms with Crippen molar-refractivity contribution in [2.75, 3.05) is 7.11 Å². The molecule has 2 aromatic carbocycles. The monoisotopic (exact) mass is 517 g/mol. The molecule has 4 rings (SSSR count). The van der Waals surface area contributed by atoms with Gasteiger partial charge in [0.1, 0.15) is 0 Å². The molecule has 1 unspecified atom stereocenters. The third kappa shape index (κ3) is 6.61. The van der Waals surface area contributed by atoms with Crippen LogP contribution < -0.4 is 14.8 Å². The second kappa shape index (κ2) is 11.2. The van der Waals surface area contributed by atoms with E-state index in [0.29, 0.717) is 23.3 Å². The Labute approximate surface area is 213 Å². The highest BCUT2D eigenvalue weighted by Crippen LogP contribution is 2.35. The highest BCUT2D eigenvalue weighted by molar-refractivity contribution is 6.06. The van der Waals surface area contributed by atoms with Crippen LogP contribution in [-0.2, 0) is 11.3 Å². The van der Waals surface area contributed by atoms with E-state index in [0.717, 1.165) is 31.2 Å².